The van der Waals surface area contributed by atoms with Crippen LogP contribution in [-0.4, -0.2) is 33.7 Å². The van der Waals surface area contributed by atoms with Gasteiger partial charge in [-0.05, 0) is 56.2 Å². The van der Waals surface area contributed by atoms with Crippen molar-refractivity contribution in [3.8, 4) is 5.75 Å². The molecule has 0 aliphatic carbocycles. The summed E-state index contributed by atoms with van der Waals surface area (Å²) in [5.74, 6) is 0.282. The molecule has 0 fully saturated rings. The fourth-order valence-corrected chi connectivity index (χ4v) is 3.08. The molecule has 0 bridgehead atoms. The third-order valence-electron chi connectivity index (χ3n) is 4.28. The number of aryl methyl sites for hydroxylation is 2. The van der Waals surface area contributed by atoms with Gasteiger partial charge in [0.1, 0.15) is 5.75 Å². The van der Waals surface area contributed by atoms with E-state index in [1.165, 1.54) is 11.4 Å². The highest BCUT2D eigenvalue weighted by molar-refractivity contribution is 7.92. The highest BCUT2D eigenvalue weighted by Crippen LogP contribution is 2.22. The van der Waals surface area contributed by atoms with Gasteiger partial charge in [-0.25, -0.2) is 8.42 Å². The minimum absolute atomic E-state index is 0.221. The van der Waals surface area contributed by atoms with E-state index in [1.807, 2.05) is 39.0 Å². The summed E-state index contributed by atoms with van der Waals surface area (Å²) < 4.78 is 30.2. The molecule has 2 rings (SSSR count). The largest absolute Gasteiger partial charge is 0.481 e. The van der Waals surface area contributed by atoms with Crippen LogP contribution >= 0.6 is 0 Å². The van der Waals surface area contributed by atoms with E-state index in [9.17, 15) is 13.2 Å². The minimum Gasteiger partial charge on any atom is -0.481 e. The topological polar surface area (TPSA) is 75.7 Å². The first-order chi connectivity index (χ1) is 12.6. The van der Waals surface area contributed by atoms with Gasteiger partial charge < -0.3 is 10.1 Å². The molecule has 1 N–H and O–H groups in total. The SMILES string of the molecule is CC[C@H](Oc1ccc(N(C)S(C)(=O)=O)cc1)C(=O)Nc1ccc(C)cc1C. The Labute approximate surface area is 161 Å². The van der Waals surface area contributed by atoms with Gasteiger partial charge in [0.15, 0.2) is 6.10 Å². The maximum Gasteiger partial charge on any atom is 0.265 e. The molecule has 0 saturated carbocycles. The molecule has 1 amide bonds. The van der Waals surface area contributed by atoms with Gasteiger partial charge in [-0.1, -0.05) is 24.6 Å². The molecule has 0 unspecified atom stereocenters. The lowest BCUT2D eigenvalue weighted by atomic mass is 10.1. The first-order valence-electron chi connectivity index (χ1n) is 8.70. The summed E-state index contributed by atoms with van der Waals surface area (Å²) >= 11 is 0. The summed E-state index contributed by atoms with van der Waals surface area (Å²) in [5, 5.41) is 2.91. The van der Waals surface area contributed by atoms with Gasteiger partial charge in [-0.3, -0.25) is 9.10 Å². The normalized spacial score (nSPS) is 12.3. The first-order valence-corrected chi connectivity index (χ1v) is 10.6. The standard InChI is InChI=1S/C20H26N2O4S/c1-6-19(20(23)21-18-12-7-14(2)13-15(18)3)26-17-10-8-16(9-11-17)22(4)27(5,24)25/h7-13,19H,6H2,1-5H3,(H,21,23)/t19-/m0/s1. The second-order valence-electron chi connectivity index (χ2n) is 6.55. The second kappa shape index (κ2) is 8.43. The number of anilines is 2. The number of hydrogen-bond acceptors (Lipinski definition) is 4. The Morgan fingerprint density at radius 1 is 1.15 bits per heavy atom. The number of nitrogens with zero attached hydrogens (tertiary/aromatic N) is 1. The number of carbonyl (C=O) groups is 1. The van der Waals surface area contributed by atoms with Crippen LogP contribution in [0.15, 0.2) is 42.5 Å². The zero-order chi connectivity index (χ0) is 20.2. The first kappa shape index (κ1) is 20.8. The number of rotatable bonds is 7. The Morgan fingerprint density at radius 3 is 2.30 bits per heavy atom. The molecule has 1 atom stereocenters. The van der Waals surface area contributed by atoms with Crippen LogP contribution in [0.5, 0.6) is 5.75 Å². The van der Waals surface area contributed by atoms with Crippen molar-refractivity contribution >= 4 is 27.3 Å². The molecule has 0 aliphatic heterocycles. The van der Waals surface area contributed by atoms with Crippen molar-refractivity contribution < 1.29 is 17.9 Å². The minimum atomic E-state index is -3.32. The molecule has 2 aromatic carbocycles. The molecule has 2 aromatic rings. The van der Waals surface area contributed by atoms with Crippen LogP contribution in [0.1, 0.15) is 24.5 Å². The smallest absolute Gasteiger partial charge is 0.265 e. The van der Waals surface area contributed by atoms with E-state index in [0.717, 1.165) is 23.1 Å². The molecule has 6 nitrogen and oxygen atoms in total. The summed E-state index contributed by atoms with van der Waals surface area (Å²) in [6.45, 7) is 5.82. The van der Waals surface area contributed by atoms with Crippen LogP contribution in [0.4, 0.5) is 11.4 Å². The summed E-state index contributed by atoms with van der Waals surface area (Å²) in [4.78, 5) is 12.6. The van der Waals surface area contributed by atoms with Gasteiger partial charge in [-0.15, -0.1) is 0 Å². The van der Waals surface area contributed by atoms with Gasteiger partial charge in [0.05, 0.1) is 11.9 Å². The number of carbonyl (C=O) groups excluding carboxylic acids is 1. The molecule has 146 valence electrons. The summed E-state index contributed by atoms with van der Waals surface area (Å²) in [5.41, 5.74) is 3.41. The Kier molecular flexibility index (Phi) is 6.49. The van der Waals surface area contributed by atoms with Crippen molar-refractivity contribution in [3.63, 3.8) is 0 Å². The van der Waals surface area contributed by atoms with Crippen molar-refractivity contribution in [1.82, 2.24) is 0 Å². The highest BCUT2D eigenvalue weighted by Gasteiger charge is 2.19. The van der Waals surface area contributed by atoms with E-state index >= 15 is 0 Å². The van der Waals surface area contributed by atoms with Crippen molar-refractivity contribution in [2.75, 3.05) is 22.9 Å². The summed E-state index contributed by atoms with van der Waals surface area (Å²) in [6.07, 6.45) is 0.994. The molecular weight excluding hydrogens is 364 g/mol. The zero-order valence-corrected chi connectivity index (χ0v) is 17.1. The lowest BCUT2D eigenvalue weighted by Crippen LogP contribution is -2.32. The number of hydrogen-bond donors (Lipinski definition) is 1. The van der Waals surface area contributed by atoms with Crippen LogP contribution in [0.25, 0.3) is 0 Å². The highest BCUT2D eigenvalue weighted by atomic mass is 32.2. The van der Waals surface area contributed by atoms with Crippen molar-refractivity contribution in [3.05, 3.63) is 53.6 Å². The van der Waals surface area contributed by atoms with E-state index in [4.69, 9.17) is 4.74 Å². The van der Waals surface area contributed by atoms with Crippen molar-refractivity contribution in [2.24, 2.45) is 0 Å². The average Bonchev–Trinajstić information content (AvgIpc) is 2.61. The lowest BCUT2D eigenvalue weighted by molar-refractivity contribution is -0.122. The van der Waals surface area contributed by atoms with E-state index in [1.54, 1.807) is 24.3 Å². The molecule has 0 heterocycles. The predicted molar refractivity (Wildman–Crippen MR) is 109 cm³/mol. The van der Waals surface area contributed by atoms with Crippen LogP contribution in [-0.2, 0) is 14.8 Å². The Hall–Kier alpha value is -2.54. The van der Waals surface area contributed by atoms with Crippen LogP contribution in [0.3, 0.4) is 0 Å². The number of nitrogens with one attached hydrogen (secondary N) is 1. The monoisotopic (exact) mass is 390 g/mol. The number of amides is 1. The van der Waals surface area contributed by atoms with Gasteiger partial charge in [0, 0.05) is 12.7 Å². The molecule has 0 spiro atoms. The molecular formula is C20H26N2O4S. The average molecular weight is 391 g/mol. The fraction of sp³-hybridized carbons (Fsp3) is 0.350. The summed E-state index contributed by atoms with van der Waals surface area (Å²) in [7, 11) is -1.84. The number of benzene rings is 2. The van der Waals surface area contributed by atoms with Crippen molar-refractivity contribution in [1.29, 1.82) is 0 Å². The molecule has 0 radical (unpaired) electrons. The molecule has 0 saturated heterocycles. The third kappa shape index (κ3) is 5.47. The number of sulfonamides is 1. The van der Waals surface area contributed by atoms with E-state index in [-0.39, 0.29) is 5.91 Å². The third-order valence-corrected chi connectivity index (χ3v) is 5.48. The Bertz CT molecular complexity index is 908. The van der Waals surface area contributed by atoms with E-state index in [2.05, 4.69) is 5.32 Å². The molecule has 27 heavy (non-hydrogen) atoms. The summed E-state index contributed by atoms with van der Waals surface area (Å²) in [6, 6.07) is 12.4. The quantitative estimate of drug-likeness (QED) is 0.785. The molecule has 7 heteroatoms. The zero-order valence-electron chi connectivity index (χ0n) is 16.3. The van der Waals surface area contributed by atoms with E-state index in [0.29, 0.717) is 17.9 Å². The fourth-order valence-electron chi connectivity index (χ4n) is 2.58. The van der Waals surface area contributed by atoms with Gasteiger partial charge >= 0.3 is 0 Å². The van der Waals surface area contributed by atoms with Crippen LogP contribution in [0, 0.1) is 13.8 Å². The lowest BCUT2D eigenvalue weighted by Gasteiger charge is -2.20. The van der Waals surface area contributed by atoms with Gasteiger partial charge in [0.25, 0.3) is 5.91 Å². The van der Waals surface area contributed by atoms with Crippen molar-refractivity contribution in [2.45, 2.75) is 33.3 Å². The maximum atomic E-state index is 12.6. The Morgan fingerprint density at radius 2 is 1.78 bits per heavy atom. The van der Waals surface area contributed by atoms with E-state index < -0.39 is 16.1 Å². The molecule has 0 aromatic heterocycles. The van der Waals surface area contributed by atoms with Crippen LogP contribution < -0.4 is 14.4 Å². The Balaban J connectivity index is 2.08. The van der Waals surface area contributed by atoms with Gasteiger partial charge in [-0.2, -0.15) is 0 Å². The van der Waals surface area contributed by atoms with Crippen LogP contribution in [0.2, 0.25) is 0 Å². The molecule has 0 aliphatic rings. The maximum absolute atomic E-state index is 12.6. The number of ether oxygens (including phenoxy) is 1. The predicted octanol–water partition coefficient (Wildman–Crippen LogP) is 3.50. The second-order valence-corrected chi connectivity index (χ2v) is 8.56. The van der Waals surface area contributed by atoms with Gasteiger partial charge in [0.2, 0.25) is 10.0 Å².